The number of methoxy groups -OCH3 is 1. The Morgan fingerprint density at radius 3 is 2.74 bits per heavy atom. The molecule has 0 radical (unpaired) electrons. The fraction of sp³-hybridized carbons (Fsp3) is 0.800. The fourth-order valence-corrected chi connectivity index (χ4v) is 3.45. The van der Waals surface area contributed by atoms with Crippen LogP contribution in [0.3, 0.4) is 0 Å². The molecule has 1 aromatic rings. The SMILES string of the molecule is CCn1nc(C)c(C(C)NC2CCCC2OC)c1C. The molecule has 0 amide bonds. The second-order valence-corrected chi connectivity index (χ2v) is 5.60. The first kappa shape index (κ1) is 14.5. The van der Waals surface area contributed by atoms with Crippen molar-refractivity contribution in [2.24, 2.45) is 0 Å². The summed E-state index contributed by atoms with van der Waals surface area (Å²) < 4.78 is 7.65. The van der Waals surface area contributed by atoms with E-state index in [9.17, 15) is 0 Å². The standard InChI is InChI=1S/C15H27N3O/c1-6-18-12(4)15(11(3)17-18)10(2)16-13-8-7-9-14(13)19-5/h10,13-14,16H,6-9H2,1-5H3. The van der Waals surface area contributed by atoms with Crippen LogP contribution in [-0.4, -0.2) is 29.0 Å². The molecule has 1 heterocycles. The topological polar surface area (TPSA) is 39.1 Å². The monoisotopic (exact) mass is 265 g/mol. The van der Waals surface area contributed by atoms with Crippen LogP contribution >= 0.6 is 0 Å². The Hall–Kier alpha value is -0.870. The maximum atomic E-state index is 5.56. The number of aromatic nitrogens is 2. The Morgan fingerprint density at radius 2 is 2.16 bits per heavy atom. The quantitative estimate of drug-likeness (QED) is 0.889. The number of rotatable bonds is 5. The molecule has 0 aromatic carbocycles. The molecule has 4 nitrogen and oxygen atoms in total. The van der Waals surface area contributed by atoms with E-state index in [2.05, 4.69) is 42.8 Å². The van der Waals surface area contributed by atoms with E-state index in [1.165, 1.54) is 30.5 Å². The molecule has 1 aliphatic rings. The van der Waals surface area contributed by atoms with E-state index in [1.807, 2.05) is 7.11 Å². The maximum Gasteiger partial charge on any atom is 0.0724 e. The largest absolute Gasteiger partial charge is 0.380 e. The van der Waals surface area contributed by atoms with Crippen LogP contribution in [0.5, 0.6) is 0 Å². The van der Waals surface area contributed by atoms with E-state index < -0.39 is 0 Å². The second kappa shape index (κ2) is 6.06. The van der Waals surface area contributed by atoms with Gasteiger partial charge in [0.05, 0.1) is 11.8 Å². The third-order valence-corrected chi connectivity index (χ3v) is 4.39. The molecule has 0 bridgehead atoms. The van der Waals surface area contributed by atoms with Gasteiger partial charge in [-0.1, -0.05) is 0 Å². The molecule has 108 valence electrons. The van der Waals surface area contributed by atoms with Crippen LogP contribution in [0, 0.1) is 13.8 Å². The molecule has 1 aliphatic carbocycles. The molecule has 4 heteroatoms. The molecule has 1 aromatic heterocycles. The van der Waals surface area contributed by atoms with Gasteiger partial charge in [-0.25, -0.2) is 0 Å². The van der Waals surface area contributed by atoms with Gasteiger partial charge in [0.25, 0.3) is 0 Å². The summed E-state index contributed by atoms with van der Waals surface area (Å²) in [5, 5.41) is 8.35. The molecule has 0 saturated heterocycles. The first-order valence-corrected chi connectivity index (χ1v) is 7.41. The zero-order valence-corrected chi connectivity index (χ0v) is 12.9. The van der Waals surface area contributed by atoms with Crippen molar-refractivity contribution in [3.63, 3.8) is 0 Å². The highest BCUT2D eigenvalue weighted by molar-refractivity contribution is 5.28. The van der Waals surface area contributed by atoms with Gasteiger partial charge in [-0.05, 0) is 47.0 Å². The van der Waals surface area contributed by atoms with Crippen LogP contribution in [0.2, 0.25) is 0 Å². The third kappa shape index (κ3) is 2.84. The minimum atomic E-state index is 0.334. The summed E-state index contributed by atoms with van der Waals surface area (Å²) in [6, 6.07) is 0.810. The Bertz CT molecular complexity index is 427. The molecule has 3 atom stereocenters. The highest BCUT2D eigenvalue weighted by Crippen LogP contribution is 2.27. The second-order valence-electron chi connectivity index (χ2n) is 5.60. The smallest absolute Gasteiger partial charge is 0.0724 e. The zero-order valence-electron chi connectivity index (χ0n) is 12.9. The van der Waals surface area contributed by atoms with E-state index in [0.29, 0.717) is 18.2 Å². The van der Waals surface area contributed by atoms with Gasteiger partial charge in [0.1, 0.15) is 0 Å². The Labute approximate surface area is 116 Å². The van der Waals surface area contributed by atoms with Crippen molar-refractivity contribution >= 4 is 0 Å². The van der Waals surface area contributed by atoms with Gasteiger partial charge < -0.3 is 10.1 Å². The predicted molar refractivity (Wildman–Crippen MR) is 77.4 cm³/mol. The van der Waals surface area contributed by atoms with Crippen LogP contribution < -0.4 is 5.32 Å². The summed E-state index contributed by atoms with van der Waals surface area (Å²) in [6.07, 6.45) is 4.01. The fourth-order valence-electron chi connectivity index (χ4n) is 3.45. The lowest BCUT2D eigenvalue weighted by molar-refractivity contribution is 0.0819. The van der Waals surface area contributed by atoms with Crippen LogP contribution in [0.25, 0.3) is 0 Å². The summed E-state index contributed by atoms with van der Waals surface area (Å²) in [6.45, 7) is 9.58. The minimum Gasteiger partial charge on any atom is -0.380 e. The molecule has 0 aliphatic heterocycles. The lowest BCUT2D eigenvalue weighted by atomic mass is 10.0. The maximum absolute atomic E-state index is 5.56. The molecule has 3 unspecified atom stereocenters. The summed E-state index contributed by atoms with van der Waals surface area (Å²) >= 11 is 0. The van der Waals surface area contributed by atoms with Crippen molar-refractivity contribution in [3.8, 4) is 0 Å². The van der Waals surface area contributed by atoms with Crippen molar-refractivity contribution in [1.82, 2.24) is 15.1 Å². The number of ether oxygens (including phenoxy) is 1. The van der Waals surface area contributed by atoms with E-state index in [4.69, 9.17) is 4.74 Å². The van der Waals surface area contributed by atoms with Gasteiger partial charge >= 0.3 is 0 Å². The highest BCUT2D eigenvalue weighted by atomic mass is 16.5. The van der Waals surface area contributed by atoms with Crippen molar-refractivity contribution < 1.29 is 4.74 Å². The Morgan fingerprint density at radius 1 is 1.42 bits per heavy atom. The molecular weight excluding hydrogens is 238 g/mol. The van der Waals surface area contributed by atoms with Gasteiger partial charge in [0.15, 0.2) is 0 Å². The van der Waals surface area contributed by atoms with E-state index in [1.54, 1.807) is 0 Å². The van der Waals surface area contributed by atoms with Crippen molar-refractivity contribution in [2.75, 3.05) is 7.11 Å². The molecule has 2 rings (SSSR count). The summed E-state index contributed by atoms with van der Waals surface area (Å²) in [7, 11) is 1.82. The van der Waals surface area contributed by atoms with Crippen molar-refractivity contribution in [1.29, 1.82) is 0 Å². The van der Waals surface area contributed by atoms with Gasteiger partial charge in [-0.3, -0.25) is 4.68 Å². The van der Waals surface area contributed by atoms with Crippen LogP contribution in [0.1, 0.15) is 56.1 Å². The van der Waals surface area contributed by atoms with E-state index in [0.717, 1.165) is 12.2 Å². The highest BCUT2D eigenvalue weighted by Gasteiger charge is 2.29. The Balaban J connectivity index is 2.11. The third-order valence-electron chi connectivity index (χ3n) is 4.39. The molecular formula is C15H27N3O. The molecule has 1 saturated carbocycles. The average molecular weight is 265 g/mol. The van der Waals surface area contributed by atoms with Crippen molar-refractivity contribution in [3.05, 3.63) is 17.0 Å². The lowest BCUT2D eigenvalue weighted by Gasteiger charge is -2.24. The molecule has 1 fully saturated rings. The van der Waals surface area contributed by atoms with Crippen molar-refractivity contribution in [2.45, 2.75) is 71.7 Å². The molecule has 1 N–H and O–H groups in total. The molecule has 0 spiro atoms. The summed E-state index contributed by atoms with van der Waals surface area (Å²) in [4.78, 5) is 0. The minimum absolute atomic E-state index is 0.334. The number of nitrogens with zero attached hydrogens (tertiary/aromatic N) is 2. The first-order chi connectivity index (χ1) is 9.08. The van der Waals surface area contributed by atoms with Gasteiger partial charge in [0.2, 0.25) is 0 Å². The van der Waals surface area contributed by atoms with Crippen LogP contribution in [0.15, 0.2) is 0 Å². The normalized spacial score (nSPS) is 24.9. The summed E-state index contributed by atoms with van der Waals surface area (Å²) in [5.41, 5.74) is 3.78. The number of aryl methyl sites for hydroxylation is 2. The van der Waals surface area contributed by atoms with Gasteiger partial charge in [-0.2, -0.15) is 5.10 Å². The number of nitrogens with one attached hydrogen (secondary N) is 1. The van der Waals surface area contributed by atoms with Gasteiger partial charge in [0, 0.05) is 37.0 Å². The van der Waals surface area contributed by atoms with Crippen LogP contribution in [0.4, 0.5) is 0 Å². The average Bonchev–Trinajstić information content (AvgIpc) is 2.93. The lowest BCUT2D eigenvalue weighted by Crippen LogP contribution is -2.38. The van der Waals surface area contributed by atoms with Gasteiger partial charge in [-0.15, -0.1) is 0 Å². The van der Waals surface area contributed by atoms with E-state index >= 15 is 0 Å². The van der Waals surface area contributed by atoms with E-state index in [-0.39, 0.29) is 0 Å². The Kier molecular flexibility index (Phi) is 4.63. The molecule has 19 heavy (non-hydrogen) atoms. The number of hydrogen-bond acceptors (Lipinski definition) is 3. The zero-order chi connectivity index (χ0) is 14.0. The summed E-state index contributed by atoms with van der Waals surface area (Å²) in [5.74, 6) is 0. The first-order valence-electron chi connectivity index (χ1n) is 7.41. The van der Waals surface area contributed by atoms with Crippen LogP contribution in [-0.2, 0) is 11.3 Å². The number of hydrogen-bond donors (Lipinski definition) is 1. The predicted octanol–water partition coefficient (Wildman–Crippen LogP) is 2.74.